The summed E-state index contributed by atoms with van der Waals surface area (Å²) in [5.41, 5.74) is 2.50. The fourth-order valence-electron chi connectivity index (χ4n) is 2.41. The van der Waals surface area contributed by atoms with Crippen LogP contribution in [0.1, 0.15) is 12.5 Å². The predicted molar refractivity (Wildman–Crippen MR) is 64.3 cm³/mol. The number of anilines is 1. The maximum Gasteiger partial charge on any atom is 0.280 e. The summed E-state index contributed by atoms with van der Waals surface area (Å²) < 4.78 is 15.3. The fraction of sp³-hybridized carbons (Fsp3) is 0.500. The van der Waals surface area contributed by atoms with Gasteiger partial charge in [0.15, 0.2) is 16.8 Å². The van der Waals surface area contributed by atoms with Crippen molar-refractivity contribution >= 4 is 17.1 Å². The van der Waals surface area contributed by atoms with Gasteiger partial charge in [0.1, 0.15) is 6.04 Å². The number of aromatic nitrogens is 4. The topological polar surface area (TPSA) is 150 Å². The van der Waals surface area contributed by atoms with Crippen molar-refractivity contribution in [2.75, 3.05) is 12.3 Å². The molecule has 10 heteroatoms. The summed E-state index contributed by atoms with van der Waals surface area (Å²) in [6.45, 7) is -0.931. The third-order valence-corrected chi connectivity index (χ3v) is 3.67. The first-order valence-electron chi connectivity index (χ1n) is 5.77. The summed E-state index contributed by atoms with van der Waals surface area (Å²) in [6, 6.07) is -1.22. The van der Waals surface area contributed by atoms with E-state index in [-0.39, 0.29) is 23.5 Å². The maximum absolute atomic E-state index is 14.2. The molecule has 1 aliphatic rings. The van der Waals surface area contributed by atoms with Crippen molar-refractivity contribution in [3.05, 3.63) is 16.7 Å². The first kappa shape index (κ1) is 13.0. The molecule has 0 bridgehead atoms. The zero-order chi connectivity index (χ0) is 14.7. The molecule has 9 nitrogen and oxygen atoms in total. The minimum atomic E-state index is -3.06. The van der Waals surface area contributed by atoms with Crippen LogP contribution in [-0.4, -0.2) is 52.9 Å². The Morgan fingerprint density at radius 1 is 1.60 bits per heavy atom. The Morgan fingerprint density at radius 3 is 2.90 bits per heavy atom. The van der Waals surface area contributed by atoms with Gasteiger partial charge in [0.2, 0.25) is 5.95 Å². The smallest absolute Gasteiger partial charge is 0.280 e. The van der Waals surface area contributed by atoms with Crippen molar-refractivity contribution in [1.29, 1.82) is 0 Å². The van der Waals surface area contributed by atoms with Crippen LogP contribution in [0.25, 0.3) is 11.2 Å². The lowest BCUT2D eigenvalue weighted by atomic mass is 9.70. The zero-order valence-electron chi connectivity index (χ0n) is 10.1. The first-order chi connectivity index (χ1) is 9.30. The SMILES string of the molecule is Nc1nc2c(ncn2[C@@H]2C[C@](O)(CO)[C@@]2(O)F)c(=O)[nH]1. The number of nitrogens with one attached hydrogen (secondary N) is 1. The van der Waals surface area contributed by atoms with Crippen LogP contribution in [-0.2, 0) is 0 Å². The number of alkyl halides is 1. The van der Waals surface area contributed by atoms with Gasteiger partial charge in [-0.05, 0) is 0 Å². The molecule has 0 radical (unpaired) electrons. The molecule has 1 saturated carbocycles. The summed E-state index contributed by atoms with van der Waals surface area (Å²) >= 11 is 0. The molecular weight excluding hydrogens is 273 g/mol. The number of H-pyrrole nitrogens is 1. The van der Waals surface area contributed by atoms with Crippen LogP contribution in [0.3, 0.4) is 0 Å². The molecule has 0 spiro atoms. The summed E-state index contributed by atoms with van der Waals surface area (Å²) in [6.07, 6.45) is 0.870. The monoisotopic (exact) mass is 285 g/mol. The second-order valence-corrected chi connectivity index (χ2v) is 4.86. The van der Waals surface area contributed by atoms with Crippen LogP contribution in [0, 0.1) is 0 Å². The molecule has 1 aliphatic carbocycles. The number of nitrogens with two attached hydrogens (primary N) is 1. The molecule has 108 valence electrons. The van der Waals surface area contributed by atoms with Gasteiger partial charge in [0.05, 0.1) is 12.9 Å². The number of nitrogens with zero attached hydrogens (tertiary/aromatic N) is 3. The van der Waals surface area contributed by atoms with E-state index in [4.69, 9.17) is 10.8 Å². The third-order valence-electron chi connectivity index (χ3n) is 3.67. The number of aromatic amines is 1. The molecule has 3 rings (SSSR count). The lowest BCUT2D eigenvalue weighted by Gasteiger charge is -2.52. The number of hydrogen-bond donors (Lipinski definition) is 5. The van der Waals surface area contributed by atoms with Crippen molar-refractivity contribution in [1.82, 2.24) is 19.5 Å². The van der Waals surface area contributed by atoms with Crippen molar-refractivity contribution in [2.45, 2.75) is 23.9 Å². The lowest BCUT2D eigenvalue weighted by molar-refractivity contribution is -0.329. The Hall–Kier alpha value is -2.04. The predicted octanol–water partition coefficient (Wildman–Crippen LogP) is -1.97. The third kappa shape index (κ3) is 1.43. The number of hydrogen-bond acceptors (Lipinski definition) is 7. The number of halogens is 1. The van der Waals surface area contributed by atoms with Gasteiger partial charge in [-0.15, -0.1) is 0 Å². The number of nitrogen functional groups attached to an aromatic ring is 1. The molecule has 6 N–H and O–H groups in total. The molecule has 0 aliphatic heterocycles. The van der Waals surface area contributed by atoms with E-state index in [2.05, 4.69) is 15.0 Å². The van der Waals surface area contributed by atoms with Gasteiger partial charge >= 0.3 is 0 Å². The van der Waals surface area contributed by atoms with Crippen molar-refractivity contribution in [3.8, 4) is 0 Å². The fourth-order valence-corrected chi connectivity index (χ4v) is 2.41. The number of fused-ring (bicyclic) bond motifs is 1. The van der Waals surface area contributed by atoms with Gasteiger partial charge < -0.3 is 25.6 Å². The molecular formula is C10H12FN5O4. The summed E-state index contributed by atoms with van der Waals surface area (Å²) in [5.74, 6) is -3.24. The number of rotatable bonds is 2. The Balaban J connectivity index is 2.12. The van der Waals surface area contributed by atoms with E-state index in [1.807, 2.05) is 0 Å². The lowest BCUT2D eigenvalue weighted by Crippen LogP contribution is -2.68. The summed E-state index contributed by atoms with van der Waals surface area (Å²) in [4.78, 5) is 21.4. The highest BCUT2D eigenvalue weighted by Crippen LogP contribution is 2.51. The van der Waals surface area contributed by atoms with Crippen LogP contribution in [0.4, 0.5) is 10.3 Å². The number of aliphatic hydroxyl groups is 3. The summed E-state index contributed by atoms with van der Waals surface area (Å²) in [5, 5.41) is 28.3. The largest absolute Gasteiger partial charge is 0.393 e. The van der Waals surface area contributed by atoms with Gasteiger partial charge in [-0.1, -0.05) is 0 Å². The van der Waals surface area contributed by atoms with E-state index in [9.17, 15) is 19.4 Å². The van der Waals surface area contributed by atoms with Crippen molar-refractivity contribution in [3.63, 3.8) is 0 Å². The van der Waals surface area contributed by atoms with Crippen molar-refractivity contribution < 1.29 is 19.7 Å². The van der Waals surface area contributed by atoms with Gasteiger partial charge in [-0.25, -0.2) is 9.37 Å². The number of aliphatic hydroxyl groups excluding tert-OH is 1. The molecule has 0 saturated heterocycles. The molecule has 3 atom stereocenters. The Kier molecular flexibility index (Phi) is 2.43. The van der Waals surface area contributed by atoms with E-state index < -0.39 is 29.7 Å². The van der Waals surface area contributed by atoms with Gasteiger partial charge in [-0.2, -0.15) is 4.98 Å². The average molecular weight is 285 g/mol. The standard InChI is InChI=1S/C10H12FN5O4/c11-10(20)4(1-9(10,19)2-17)16-3-13-5-6(16)14-8(12)15-7(5)18/h3-4,17,19-20H,1-2H2,(H3,12,14,15,18)/t4-,9+,10-/m1/s1. The molecule has 2 heterocycles. The maximum atomic E-state index is 14.2. The van der Waals surface area contributed by atoms with Crippen LogP contribution in [0.15, 0.2) is 11.1 Å². The highest BCUT2D eigenvalue weighted by Gasteiger charge is 2.67. The molecule has 0 amide bonds. The van der Waals surface area contributed by atoms with E-state index in [0.717, 1.165) is 10.9 Å². The second kappa shape index (κ2) is 3.75. The van der Waals surface area contributed by atoms with Crippen LogP contribution in [0.5, 0.6) is 0 Å². The Morgan fingerprint density at radius 2 is 2.30 bits per heavy atom. The van der Waals surface area contributed by atoms with Crippen LogP contribution < -0.4 is 11.3 Å². The molecule has 0 aromatic carbocycles. The average Bonchev–Trinajstić information content (AvgIpc) is 2.78. The highest BCUT2D eigenvalue weighted by atomic mass is 19.2. The van der Waals surface area contributed by atoms with Crippen LogP contribution >= 0.6 is 0 Å². The quantitative estimate of drug-likeness (QED) is 0.429. The first-order valence-corrected chi connectivity index (χ1v) is 5.77. The molecule has 2 aromatic rings. The van der Waals surface area contributed by atoms with E-state index in [1.54, 1.807) is 0 Å². The Labute approximate surface area is 110 Å². The second-order valence-electron chi connectivity index (χ2n) is 4.86. The molecule has 0 unspecified atom stereocenters. The zero-order valence-corrected chi connectivity index (χ0v) is 10.1. The van der Waals surface area contributed by atoms with E-state index in [0.29, 0.717) is 0 Å². The minimum absolute atomic E-state index is 0.00712. The molecule has 20 heavy (non-hydrogen) atoms. The van der Waals surface area contributed by atoms with E-state index in [1.165, 1.54) is 0 Å². The highest BCUT2D eigenvalue weighted by molar-refractivity contribution is 5.70. The molecule has 1 fully saturated rings. The number of imidazole rings is 1. The Bertz CT molecular complexity index is 741. The van der Waals surface area contributed by atoms with Crippen LogP contribution in [0.2, 0.25) is 0 Å². The van der Waals surface area contributed by atoms with Gasteiger partial charge in [-0.3, -0.25) is 9.78 Å². The summed E-state index contributed by atoms with van der Waals surface area (Å²) in [7, 11) is 0. The minimum Gasteiger partial charge on any atom is -0.393 e. The van der Waals surface area contributed by atoms with Gasteiger partial charge in [0.25, 0.3) is 11.4 Å². The van der Waals surface area contributed by atoms with Gasteiger partial charge in [0, 0.05) is 6.42 Å². The molecule has 2 aromatic heterocycles. The van der Waals surface area contributed by atoms with Crippen molar-refractivity contribution in [2.24, 2.45) is 0 Å². The normalized spacial score (nSPS) is 33.3. The van der Waals surface area contributed by atoms with E-state index >= 15 is 0 Å².